The van der Waals surface area contributed by atoms with Gasteiger partial charge in [0.1, 0.15) is 0 Å². The Bertz CT molecular complexity index is 87.3. The quantitative estimate of drug-likeness (QED) is 0.598. The van der Waals surface area contributed by atoms with Crippen LogP contribution in [0.15, 0.2) is 0 Å². The predicted octanol–water partition coefficient (Wildman–Crippen LogP) is -0.130. The Hall–Kier alpha value is 1.99. The molecule has 0 aromatic rings. The molecule has 0 saturated heterocycles. The second kappa shape index (κ2) is 17.2. The van der Waals surface area contributed by atoms with Crippen LogP contribution in [0, 0.1) is 0 Å². The molecular formula is C4H12BaO4Sr. The third-order valence-electron chi connectivity index (χ3n) is 0. The van der Waals surface area contributed by atoms with Crippen molar-refractivity contribution >= 4 is 106 Å². The summed E-state index contributed by atoms with van der Waals surface area (Å²) in [6, 6.07) is 0. The first kappa shape index (κ1) is 22.7. The minimum absolute atomic E-state index is 0. The number of hydrogen-bond donors (Lipinski definition) is 2. The molecule has 0 heterocycles. The molecule has 0 spiro atoms. The Balaban J connectivity index is -0.00000000600. The molecule has 0 aliphatic heterocycles. The van der Waals surface area contributed by atoms with Crippen LogP contribution in [0.4, 0.5) is 0 Å². The maximum Gasteiger partial charge on any atom is 2.00 e. The number of carboxylic acids is 2. The van der Waals surface area contributed by atoms with Gasteiger partial charge in [0.15, 0.2) is 0 Å². The Kier molecular flexibility index (Phi) is 39.0. The van der Waals surface area contributed by atoms with Gasteiger partial charge in [-0.2, -0.15) is 0 Å². The first-order chi connectivity index (χ1) is 3.46. The van der Waals surface area contributed by atoms with Crippen molar-refractivity contribution in [1.82, 2.24) is 0 Å². The monoisotopic (exact) mass is 350 g/mol. The molecule has 10 heavy (non-hydrogen) atoms. The van der Waals surface area contributed by atoms with E-state index >= 15 is 0 Å². The maximum absolute atomic E-state index is 9.00. The van der Waals surface area contributed by atoms with Crippen LogP contribution < -0.4 is 0 Å². The van der Waals surface area contributed by atoms with Gasteiger partial charge in [0.05, 0.1) is 0 Å². The number of carbonyl (C=O) groups is 2. The van der Waals surface area contributed by atoms with Crippen LogP contribution in [-0.2, 0) is 9.59 Å². The fraction of sp³-hybridized carbons (Fsp3) is 0.500. The first-order valence-corrected chi connectivity index (χ1v) is 1.86. The molecule has 0 amide bonds. The normalized spacial score (nSPS) is 5.00. The van der Waals surface area contributed by atoms with E-state index in [1.165, 1.54) is 0 Å². The Morgan fingerprint density at radius 2 is 1.10 bits per heavy atom. The van der Waals surface area contributed by atoms with Crippen LogP contribution in [0.25, 0.3) is 0 Å². The Morgan fingerprint density at radius 1 is 1.10 bits per heavy atom. The van der Waals surface area contributed by atoms with Crippen molar-refractivity contribution in [1.29, 1.82) is 0 Å². The van der Waals surface area contributed by atoms with Gasteiger partial charge in [0.2, 0.25) is 0 Å². The van der Waals surface area contributed by atoms with Crippen molar-refractivity contribution < 1.29 is 25.5 Å². The summed E-state index contributed by atoms with van der Waals surface area (Å²) in [5.41, 5.74) is 0. The topological polar surface area (TPSA) is 74.6 Å². The fourth-order valence-corrected chi connectivity index (χ4v) is 0. The fourth-order valence-electron chi connectivity index (χ4n) is 0. The van der Waals surface area contributed by atoms with E-state index in [0.717, 1.165) is 13.8 Å². The molecule has 0 aliphatic rings. The van der Waals surface area contributed by atoms with Crippen molar-refractivity contribution in [2.45, 2.75) is 13.8 Å². The van der Waals surface area contributed by atoms with Crippen molar-refractivity contribution in [3.8, 4) is 0 Å². The van der Waals surface area contributed by atoms with Gasteiger partial charge < -0.3 is 15.9 Å². The second-order valence-electron chi connectivity index (χ2n) is 1.04. The first-order valence-electron chi connectivity index (χ1n) is 1.86. The summed E-state index contributed by atoms with van der Waals surface area (Å²) in [7, 11) is 0. The standard InChI is InChI=1S/2C2H4O2.Ba.Sr.4H/c2*1-2(3)4;;;;;;/h2*1H3,(H,3,4);;;;;;/q;;2*+2;4*-1. The molecule has 0 saturated carbocycles. The number of aliphatic carboxylic acids is 2. The van der Waals surface area contributed by atoms with Gasteiger partial charge in [-0.3, -0.25) is 9.59 Å². The second-order valence-corrected chi connectivity index (χ2v) is 1.04. The van der Waals surface area contributed by atoms with E-state index in [2.05, 4.69) is 0 Å². The molecule has 0 bridgehead atoms. The zero-order chi connectivity index (χ0) is 7.15. The molecular weight excluding hydrogens is 337 g/mol. The summed E-state index contributed by atoms with van der Waals surface area (Å²) in [6.45, 7) is 2.17. The van der Waals surface area contributed by atoms with Crippen LogP contribution in [0.2, 0.25) is 0 Å². The van der Waals surface area contributed by atoms with Crippen LogP contribution in [0.5, 0.6) is 0 Å². The van der Waals surface area contributed by atoms with Gasteiger partial charge in [-0.05, 0) is 0 Å². The van der Waals surface area contributed by atoms with E-state index < -0.39 is 11.9 Å². The van der Waals surface area contributed by atoms with Crippen LogP contribution in [0.1, 0.15) is 19.6 Å². The molecule has 0 aromatic carbocycles. The van der Waals surface area contributed by atoms with E-state index in [-0.39, 0.29) is 100 Å². The molecule has 0 aromatic heterocycles. The summed E-state index contributed by atoms with van der Waals surface area (Å²) in [6.07, 6.45) is 0. The van der Waals surface area contributed by atoms with Gasteiger partial charge in [0.25, 0.3) is 11.9 Å². The van der Waals surface area contributed by atoms with Crippen molar-refractivity contribution in [2.75, 3.05) is 0 Å². The van der Waals surface area contributed by atoms with E-state index in [4.69, 9.17) is 19.8 Å². The van der Waals surface area contributed by atoms with Gasteiger partial charge in [0, 0.05) is 13.8 Å². The minimum Gasteiger partial charge on any atom is -1.00 e. The van der Waals surface area contributed by atoms with Crippen molar-refractivity contribution in [2.24, 2.45) is 0 Å². The molecule has 0 aliphatic carbocycles. The Labute approximate surface area is 143 Å². The number of hydrogen-bond acceptors (Lipinski definition) is 2. The predicted molar refractivity (Wildman–Crippen MR) is 42.6 cm³/mol. The zero-order valence-corrected chi connectivity index (χ0v) is 14.0. The van der Waals surface area contributed by atoms with Gasteiger partial charge >= 0.3 is 94.4 Å². The molecule has 2 N–H and O–H groups in total. The number of rotatable bonds is 0. The Morgan fingerprint density at radius 3 is 1.10 bits per heavy atom. The van der Waals surface area contributed by atoms with Gasteiger partial charge in [-0.1, -0.05) is 0 Å². The van der Waals surface area contributed by atoms with Crippen molar-refractivity contribution in [3.05, 3.63) is 0 Å². The van der Waals surface area contributed by atoms with Crippen LogP contribution in [0.3, 0.4) is 0 Å². The van der Waals surface area contributed by atoms with Crippen LogP contribution in [-0.4, -0.2) is 117 Å². The summed E-state index contributed by atoms with van der Waals surface area (Å²) < 4.78 is 0. The SMILES string of the molecule is CC(=O)O.CC(=O)O.[Ba+2].[H-].[H-].[H-].[H-].[Sr+2]. The zero-order valence-electron chi connectivity index (χ0n) is 10.1. The largest absolute Gasteiger partial charge is 2.00 e. The smallest absolute Gasteiger partial charge is 1.00 e. The van der Waals surface area contributed by atoms with Crippen LogP contribution >= 0.6 is 0 Å². The average molecular weight is 349 g/mol. The summed E-state index contributed by atoms with van der Waals surface area (Å²) in [4.78, 5) is 18.0. The van der Waals surface area contributed by atoms with E-state index in [1.54, 1.807) is 0 Å². The van der Waals surface area contributed by atoms with E-state index in [1.807, 2.05) is 0 Å². The molecule has 0 rings (SSSR count). The van der Waals surface area contributed by atoms with E-state index in [0.29, 0.717) is 0 Å². The molecule has 0 atom stereocenters. The summed E-state index contributed by atoms with van der Waals surface area (Å²) in [5.74, 6) is -1.67. The molecule has 0 unspecified atom stereocenters. The maximum atomic E-state index is 9.00. The molecule has 6 heteroatoms. The van der Waals surface area contributed by atoms with E-state index in [9.17, 15) is 0 Å². The summed E-state index contributed by atoms with van der Waals surface area (Å²) >= 11 is 0. The average Bonchev–Trinajstić information content (AvgIpc) is 1.25. The molecule has 56 valence electrons. The van der Waals surface area contributed by atoms with Gasteiger partial charge in [-0.25, -0.2) is 0 Å². The molecule has 0 radical (unpaired) electrons. The summed E-state index contributed by atoms with van der Waals surface area (Å²) in [5, 5.41) is 14.8. The van der Waals surface area contributed by atoms with Gasteiger partial charge in [-0.15, -0.1) is 0 Å². The third kappa shape index (κ3) is 204. The minimum atomic E-state index is -0.833. The molecule has 4 nitrogen and oxygen atoms in total. The number of carboxylic acid groups (broad SMARTS) is 2. The molecule has 0 fully saturated rings. The van der Waals surface area contributed by atoms with Crippen molar-refractivity contribution in [3.63, 3.8) is 0 Å². The third-order valence-corrected chi connectivity index (χ3v) is 0.